The van der Waals surface area contributed by atoms with Crippen molar-refractivity contribution >= 4 is 5.84 Å². The maximum Gasteiger partial charge on any atom is 0.166 e. The van der Waals surface area contributed by atoms with Crippen LogP contribution in [0.15, 0.2) is 35.1 Å². The highest BCUT2D eigenvalue weighted by atomic mass is 19.2. The number of hydrogen-bond donors (Lipinski definition) is 2. The van der Waals surface area contributed by atoms with Gasteiger partial charge in [0.05, 0.1) is 12.2 Å². The second-order valence-electron chi connectivity index (χ2n) is 4.69. The van der Waals surface area contributed by atoms with E-state index in [1.807, 2.05) is 0 Å². The van der Waals surface area contributed by atoms with Crippen LogP contribution in [0.25, 0.3) is 11.4 Å². The van der Waals surface area contributed by atoms with Crippen LogP contribution < -0.4 is 5.73 Å². The lowest BCUT2D eigenvalue weighted by atomic mass is 10.2. The number of amidine groups is 1. The SMILES string of the molecule is N=C(N)c1cc(-c2ccon2)n(Cc2c(F)ccc(F)c2F)n1. The lowest BCUT2D eigenvalue weighted by molar-refractivity contribution is 0.421. The van der Waals surface area contributed by atoms with E-state index in [-0.39, 0.29) is 11.5 Å². The molecule has 0 saturated heterocycles. The minimum absolute atomic E-state index is 0.0974. The van der Waals surface area contributed by atoms with Gasteiger partial charge in [-0.05, 0) is 18.2 Å². The zero-order chi connectivity index (χ0) is 16.6. The first-order valence-corrected chi connectivity index (χ1v) is 6.42. The van der Waals surface area contributed by atoms with E-state index >= 15 is 0 Å². The third kappa shape index (κ3) is 2.68. The number of nitrogens with zero attached hydrogens (tertiary/aromatic N) is 3. The van der Waals surface area contributed by atoms with Gasteiger partial charge in [-0.25, -0.2) is 13.2 Å². The monoisotopic (exact) mass is 321 g/mol. The summed E-state index contributed by atoms with van der Waals surface area (Å²) in [5.74, 6) is -3.69. The van der Waals surface area contributed by atoms with Crippen LogP contribution >= 0.6 is 0 Å². The molecule has 9 heteroatoms. The van der Waals surface area contributed by atoms with Crippen molar-refractivity contribution in [1.82, 2.24) is 14.9 Å². The van der Waals surface area contributed by atoms with Gasteiger partial charge in [-0.1, -0.05) is 5.16 Å². The Kier molecular flexibility index (Phi) is 3.61. The number of nitrogens with one attached hydrogen (secondary N) is 1. The van der Waals surface area contributed by atoms with Crippen LogP contribution in [0.5, 0.6) is 0 Å². The Morgan fingerprint density at radius 1 is 1.22 bits per heavy atom. The Balaban J connectivity index is 2.10. The van der Waals surface area contributed by atoms with Crippen molar-refractivity contribution in [3.63, 3.8) is 0 Å². The van der Waals surface area contributed by atoms with Crippen LogP contribution in [-0.4, -0.2) is 20.8 Å². The normalized spacial score (nSPS) is 10.9. The molecule has 0 radical (unpaired) electrons. The highest BCUT2D eigenvalue weighted by Crippen LogP contribution is 2.22. The summed E-state index contributed by atoms with van der Waals surface area (Å²) in [6, 6.07) is 4.47. The molecule has 0 fully saturated rings. The van der Waals surface area contributed by atoms with Gasteiger partial charge < -0.3 is 10.3 Å². The zero-order valence-electron chi connectivity index (χ0n) is 11.6. The number of nitrogens with two attached hydrogens (primary N) is 1. The number of nitrogen functional groups attached to an aromatic ring is 1. The largest absolute Gasteiger partial charge is 0.382 e. The van der Waals surface area contributed by atoms with Gasteiger partial charge in [0.2, 0.25) is 0 Å². The summed E-state index contributed by atoms with van der Waals surface area (Å²) in [6.07, 6.45) is 1.31. The summed E-state index contributed by atoms with van der Waals surface area (Å²) in [4.78, 5) is 0. The molecule has 2 heterocycles. The molecule has 3 rings (SSSR count). The fraction of sp³-hybridized carbons (Fsp3) is 0.0714. The van der Waals surface area contributed by atoms with Gasteiger partial charge in [0.15, 0.2) is 11.6 Å². The summed E-state index contributed by atoms with van der Waals surface area (Å²) >= 11 is 0. The van der Waals surface area contributed by atoms with E-state index in [9.17, 15) is 13.2 Å². The summed E-state index contributed by atoms with van der Waals surface area (Å²) in [6.45, 7) is -0.398. The zero-order valence-corrected chi connectivity index (χ0v) is 11.6. The number of benzene rings is 1. The van der Waals surface area contributed by atoms with Gasteiger partial charge in [-0.15, -0.1) is 0 Å². The molecule has 3 aromatic rings. The summed E-state index contributed by atoms with van der Waals surface area (Å²) in [5.41, 5.74) is 5.65. The summed E-state index contributed by atoms with van der Waals surface area (Å²) in [7, 11) is 0. The van der Waals surface area contributed by atoms with E-state index in [1.165, 1.54) is 23.1 Å². The minimum atomic E-state index is -1.30. The average molecular weight is 321 g/mol. The van der Waals surface area contributed by atoms with Crippen molar-refractivity contribution in [3.05, 3.63) is 59.2 Å². The number of rotatable bonds is 4. The first kappa shape index (κ1) is 14.8. The first-order valence-electron chi connectivity index (χ1n) is 6.42. The quantitative estimate of drug-likeness (QED) is 0.438. The molecule has 118 valence electrons. The molecule has 3 N–H and O–H groups in total. The van der Waals surface area contributed by atoms with Crippen molar-refractivity contribution in [2.45, 2.75) is 6.54 Å². The molecule has 0 aliphatic heterocycles. The molecule has 2 aromatic heterocycles. The van der Waals surface area contributed by atoms with Gasteiger partial charge in [-0.2, -0.15) is 5.10 Å². The van der Waals surface area contributed by atoms with Crippen LogP contribution in [-0.2, 0) is 6.54 Å². The maximum absolute atomic E-state index is 13.8. The topological polar surface area (TPSA) is 93.7 Å². The van der Waals surface area contributed by atoms with E-state index in [0.717, 1.165) is 6.07 Å². The molecule has 0 saturated carbocycles. The molecule has 0 aliphatic carbocycles. The van der Waals surface area contributed by atoms with Crippen molar-refractivity contribution in [2.24, 2.45) is 5.73 Å². The van der Waals surface area contributed by atoms with Crippen LogP contribution in [0.4, 0.5) is 13.2 Å². The van der Waals surface area contributed by atoms with Crippen molar-refractivity contribution < 1.29 is 17.7 Å². The van der Waals surface area contributed by atoms with Gasteiger partial charge in [0.25, 0.3) is 0 Å². The Morgan fingerprint density at radius 3 is 2.61 bits per heavy atom. The van der Waals surface area contributed by atoms with Gasteiger partial charge in [0, 0.05) is 11.6 Å². The van der Waals surface area contributed by atoms with Crippen molar-refractivity contribution in [1.29, 1.82) is 5.41 Å². The predicted molar refractivity (Wildman–Crippen MR) is 74.2 cm³/mol. The lowest BCUT2D eigenvalue weighted by Gasteiger charge is -2.08. The van der Waals surface area contributed by atoms with Crippen LogP contribution in [0.3, 0.4) is 0 Å². The first-order chi connectivity index (χ1) is 11.0. The molecule has 23 heavy (non-hydrogen) atoms. The minimum Gasteiger partial charge on any atom is -0.382 e. The third-order valence-electron chi connectivity index (χ3n) is 3.20. The van der Waals surface area contributed by atoms with Gasteiger partial charge in [0.1, 0.15) is 29.3 Å². The molecule has 6 nitrogen and oxygen atoms in total. The molecule has 0 atom stereocenters. The maximum atomic E-state index is 13.8. The lowest BCUT2D eigenvalue weighted by Crippen LogP contribution is -2.14. The van der Waals surface area contributed by atoms with E-state index in [2.05, 4.69) is 10.3 Å². The number of halogens is 3. The van der Waals surface area contributed by atoms with Crippen molar-refractivity contribution in [2.75, 3.05) is 0 Å². The number of hydrogen-bond acceptors (Lipinski definition) is 4. The molecular weight excluding hydrogens is 311 g/mol. The smallest absolute Gasteiger partial charge is 0.166 e. The Bertz CT molecular complexity index is 873. The van der Waals surface area contributed by atoms with Crippen LogP contribution in [0.2, 0.25) is 0 Å². The van der Waals surface area contributed by atoms with Crippen LogP contribution in [0, 0.1) is 22.9 Å². The fourth-order valence-electron chi connectivity index (χ4n) is 2.08. The molecule has 0 aliphatic rings. The molecule has 0 spiro atoms. The van der Waals surface area contributed by atoms with E-state index in [0.29, 0.717) is 17.5 Å². The van der Waals surface area contributed by atoms with E-state index < -0.39 is 29.6 Å². The van der Waals surface area contributed by atoms with E-state index in [4.69, 9.17) is 15.7 Å². The number of aromatic nitrogens is 3. The molecule has 0 amide bonds. The fourth-order valence-corrected chi connectivity index (χ4v) is 2.08. The summed E-state index contributed by atoms with van der Waals surface area (Å²) < 4.78 is 46.9. The Hall–Kier alpha value is -3.10. The highest BCUT2D eigenvalue weighted by Gasteiger charge is 2.19. The molecule has 0 unspecified atom stereocenters. The predicted octanol–water partition coefficient (Wildman–Crippen LogP) is 2.29. The van der Waals surface area contributed by atoms with Gasteiger partial charge >= 0.3 is 0 Å². The van der Waals surface area contributed by atoms with Gasteiger partial charge in [-0.3, -0.25) is 10.1 Å². The second-order valence-corrected chi connectivity index (χ2v) is 4.69. The summed E-state index contributed by atoms with van der Waals surface area (Å²) in [5, 5.41) is 15.1. The second kappa shape index (κ2) is 5.59. The average Bonchev–Trinajstić information content (AvgIpc) is 3.16. The van der Waals surface area contributed by atoms with E-state index in [1.54, 1.807) is 0 Å². The van der Waals surface area contributed by atoms with Crippen LogP contribution in [0.1, 0.15) is 11.3 Å². The Labute approximate surface area is 127 Å². The standard InChI is InChI=1S/C14H10F3N5O/c15-8-1-2-9(16)13(17)7(8)6-22-12(10-3-4-23-21-10)5-11(20-22)14(18)19/h1-5H,6H2,(H3,18,19). The van der Waals surface area contributed by atoms with Crippen molar-refractivity contribution in [3.8, 4) is 11.4 Å². The Morgan fingerprint density at radius 2 is 1.96 bits per heavy atom. The molecular formula is C14H10F3N5O. The molecule has 0 bridgehead atoms. The third-order valence-corrected chi connectivity index (χ3v) is 3.20. The highest BCUT2D eigenvalue weighted by molar-refractivity contribution is 5.94. The molecule has 1 aromatic carbocycles.